The fourth-order valence-corrected chi connectivity index (χ4v) is 3.99. The molecule has 0 amide bonds. The fraction of sp³-hybridized carbons (Fsp3) is 0.294. The topological polar surface area (TPSA) is 55.4 Å². The lowest BCUT2D eigenvalue weighted by Crippen LogP contribution is -2.33. The lowest BCUT2D eigenvalue weighted by Gasteiger charge is -2.16. The van der Waals surface area contributed by atoms with Crippen LogP contribution in [0.2, 0.25) is 5.02 Å². The Hall–Kier alpha value is -1.56. The smallest absolute Gasteiger partial charge is 0.244 e. The van der Waals surface area contributed by atoms with Crippen LogP contribution in [0, 0.1) is 0 Å². The van der Waals surface area contributed by atoms with Crippen molar-refractivity contribution in [1.82, 2.24) is 4.72 Å². The highest BCUT2D eigenvalue weighted by atomic mass is 35.5. The second kappa shape index (κ2) is 7.81. The Bertz CT molecular complexity index is 748. The van der Waals surface area contributed by atoms with Crippen molar-refractivity contribution in [1.29, 1.82) is 0 Å². The van der Waals surface area contributed by atoms with Gasteiger partial charge in [0.2, 0.25) is 10.0 Å². The number of aryl methyl sites for hydroxylation is 1. The number of nitrogens with one attached hydrogen (secondary N) is 1. The molecule has 1 N–H and O–H groups in total. The molecule has 6 heteroatoms. The third-order valence-electron chi connectivity index (χ3n) is 3.48. The van der Waals surface area contributed by atoms with Crippen LogP contribution in [0.15, 0.2) is 53.4 Å². The summed E-state index contributed by atoms with van der Waals surface area (Å²) in [6.07, 6.45) is 1.50. The second-order valence-corrected chi connectivity index (χ2v) is 7.46. The van der Waals surface area contributed by atoms with Crippen molar-refractivity contribution >= 4 is 21.6 Å². The van der Waals surface area contributed by atoms with E-state index in [2.05, 4.69) is 4.72 Å². The number of ether oxygens (including phenoxy) is 1. The summed E-state index contributed by atoms with van der Waals surface area (Å²) in [6, 6.07) is 14.3. The summed E-state index contributed by atoms with van der Waals surface area (Å²) in [6.45, 7) is 1.84. The van der Waals surface area contributed by atoms with Crippen LogP contribution in [0.5, 0.6) is 5.75 Å². The van der Waals surface area contributed by atoms with Crippen molar-refractivity contribution in [3.63, 3.8) is 0 Å². The molecule has 0 radical (unpaired) electrons. The SMILES string of the molecule is COc1ccc(Cl)cc1S(=O)(=O)N[C@@H](C)CCc1ccccc1. The number of hydrogen-bond acceptors (Lipinski definition) is 3. The molecule has 1 atom stereocenters. The molecule has 23 heavy (non-hydrogen) atoms. The lowest BCUT2D eigenvalue weighted by molar-refractivity contribution is 0.402. The first-order valence-corrected chi connectivity index (χ1v) is 9.18. The van der Waals surface area contributed by atoms with Gasteiger partial charge in [-0.1, -0.05) is 41.9 Å². The van der Waals surface area contributed by atoms with Crippen LogP contribution in [0.25, 0.3) is 0 Å². The maximum absolute atomic E-state index is 12.5. The molecule has 0 aliphatic carbocycles. The molecular weight excluding hydrogens is 334 g/mol. The predicted octanol–water partition coefficient (Wildman–Crippen LogP) is 3.65. The maximum Gasteiger partial charge on any atom is 0.244 e. The van der Waals surface area contributed by atoms with Gasteiger partial charge in [-0.05, 0) is 43.5 Å². The van der Waals surface area contributed by atoms with Crippen LogP contribution >= 0.6 is 11.6 Å². The third kappa shape index (κ3) is 4.96. The molecule has 2 aromatic rings. The van der Waals surface area contributed by atoms with Crippen LogP contribution in [0.3, 0.4) is 0 Å². The highest BCUT2D eigenvalue weighted by Gasteiger charge is 2.22. The van der Waals surface area contributed by atoms with E-state index in [-0.39, 0.29) is 16.7 Å². The van der Waals surface area contributed by atoms with E-state index in [4.69, 9.17) is 16.3 Å². The largest absolute Gasteiger partial charge is 0.495 e. The summed E-state index contributed by atoms with van der Waals surface area (Å²) in [7, 11) is -2.26. The summed E-state index contributed by atoms with van der Waals surface area (Å²) in [5.41, 5.74) is 1.18. The van der Waals surface area contributed by atoms with Gasteiger partial charge < -0.3 is 4.74 Å². The molecule has 0 spiro atoms. The molecule has 0 aromatic heterocycles. The number of benzene rings is 2. The van der Waals surface area contributed by atoms with Gasteiger partial charge in [0, 0.05) is 11.1 Å². The number of methoxy groups -OCH3 is 1. The van der Waals surface area contributed by atoms with E-state index >= 15 is 0 Å². The average Bonchev–Trinajstić information content (AvgIpc) is 2.53. The van der Waals surface area contributed by atoms with E-state index in [1.165, 1.54) is 18.7 Å². The van der Waals surface area contributed by atoms with Gasteiger partial charge in [-0.2, -0.15) is 0 Å². The molecule has 0 saturated heterocycles. The molecule has 0 unspecified atom stereocenters. The molecular formula is C17H20ClNO3S. The zero-order valence-corrected chi connectivity index (χ0v) is 14.7. The van der Waals surface area contributed by atoms with Crippen LogP contribution in [0.4, 0.5) is 0 Å². The Kier molecular flexibility index (Phi) is 6.04. The van der Waals surface area contributed by atoms with Crippen LogP contribution in [-0.4, -0.2) is 21.6 Å². The zero-order valence-electron chi connectivity index (χ0n) is 13.1. The zero-order chi connectivity index (χ0) is 16.9. The van der Waals surface area contributed by atoms with Gasteiger partial charge >= 0.3 is 0 Å². The first-order chi connectivity index (χ1) is 10.9. The van der Waals surface area contributed by atoms with E-state index in [1.54, 1.807) is 12.1 Å². The maximum atomic E-state index is 12.5. The summed E-state index contributed by atoms with van der Waals surface area (Å²) < 4.78 is 32.9. The van der Waals surface area contributed by atoms with Crippen LogP contribution in [0.1, 0.15) is 18.9 Å². The van der Waals surface area contributed by atoms with E-state index < -0.39 is 10.0 Å². The summed E-state index contributed by atoms with van der Waals surface area (Å²) in [4.78, 5) is 0.0547. The molecule has 2 rings (SSSR count). The normalized spacial score (nSPS) is 12.8. The Balaban J connectivity index is 2.07. The van der Waals surface area contributed by atoms with Crippen molar-refractivity contribution in [3.8, 4) is 5.75 Å². The molecule has 2 aromatic carbocycles. The summed E-state index contributed by atoms with van der Waals surface area (Å²) in [5.74, 6) is 0.275. The van der Waals surface area contributed by atoms with Crippen LogP contribution in [-0.2, 0) is 16.4 Å². The summed E-state index contributed by atoms with van der Waals surface area (Å²) in [5, 5.41) is 0.350. The van der Waals surface area contributed by atoms with Gasteiger partial charge in [0.05, 0.1) is 7.11 Å². The minimum absolute atomic E-state index is 0.0547. The third-order valence-corrected chi connectivity index (χ3v) is 5.33. The van der Waals surface area contributed by atoms with Crippen molar-refractivity contribution in [2.24, 2.45) is 0 Å². The molecule has 0 fully saturated rings. The Morgan fingerprint density at radius 1 is 1.17 bits per heavy atom. The first-order valence-electron chi connectivity index (χ1n) is 7.32. The lowest BCUT2D eigenvalue weighted by atomic mass is 10.1. The van der Waals surface area contributed by atoms with E-state index in [0.717, 1.165) is 6.42 Å². The van der Waals surface area contributed by atoms with Gasteiger partial charge in [0.15, 0.2) is 0 Å². The average molecular weight is 354 g/mol. The van der Waals surface area contributed by atoms with Gasteiger partial charge in [-0.3, -0.25) is 0 Å². The minimum Gasteiger partial charge on any atom is -0.495 e. The number of sulfonamides is 1. The first kappa shape index (κ1) is 17.8. The molecule has 0 heterocycles. The van der Waals surface area contributed by atoms with Crippen molar-refractivity contribution < 1.29 is 13.2 Å². The highest BCUT2D eigenvalue weighted by molar-refractivity contribution is 7.89. The van der Waals surface area contributed by atoms with Crippen molar-refractivity contribution in [3.05, 3.63) is 59.1 Å². The Morgan fingerprint density at radius 2 is 1.87 bits per heavy atom. The Morgan fingerprint density at radius 3 is 2.52 bits per heavy atom. The highest BCUT2D eigenvalue weighted by Crippen LogP contribution is 2.27. The van der Waals surface area contributed by atoms with Gasteiger partial charge in [0.25, 0.3) is 0 Å². The molecule has 0 aliphatic rings. The van der Waals surface area contributed by atoms with Crippen LogP contribution < -0.4 is 9.46 Å². The summed E-state index contributed by atoms with van der Waals surface area (Å²) >= 11 is 5.91. The molecule has 0 saturated carbocycles. The monoisotopic (exact) mass is 353 g/mol. The van der Waals surface area contributed by atoms with Gasteiger partial charge in [-0.15, -0.1) is 0 Å². The predicted molar refractivity (Wildman–Crippen MR) is 92.6 cm³/mol. The molecule has 0 bridgehead atoms. The van der Waals surface area contributed by atoms with E-state index in [0.29, 0.717) is 11.4 Å². The number of hydrogen-bond donors (Lipinski definition) is 1. The van der Waals surface area contributed by atoms with E-state index in [9.17, 15) is 8.42 Å². The standard InChI is InChI=1S/C17H20ClNO3S/c1-13(8-9-14-6-4-3-5-7-14)19-23(20,21)17-12-15(18)10-11-16(17)22-2/h3-7,10-13,19H,8-9H2,1-2H3/t13-/m0/s1. The van der Waals surface area contributed by atoms with Gasteiger partial charge in [0.1, 0.15) is 10.6 Å². The number of halogens is 1. The minimum atomic E-state index is -3.69. The molecule has 0 aliphatic heterocycles. The van der Waals surface area contributed by atoms with Crippen molar-refractivity contribution in [2.75, 3.05) is 7.11 Å². The molecule has 124 valence electrons. The molecule has 4 nitrogen and oxygen atoms in total. The fourth-order valence-electron chi connectivity index (χ4n) is 2.28. The Labute approximate surface area is 142 Å². The van der Waals surface area contributed by atoms with E-state index in [1.807, 2.05) is 37.3 Å². The quantitative estimate of drug-likeness (QED) is 0.826. The number of rotatable bonds is 7. The second-order valence-electron chi connectivity index (χ2n) is 5.34. The van der Waals surface area contributed by atoms with Crippen molar-refractivity contribution in [2.45, 2.75) is 30.7 Å². The van der Waals surface area contributed by atoms with Gasteiger partial charge in [-0.25, -0.2) is 13.1 Å².